The van der Waals surface area contributed by atoms with E-state index in [0.29, 0.717) is 5.56 Å². The van der Waals surface area contributed by atoms with E-state index in [1.165, 1.54) is 0 Å². The summed E-state index contributed by atoms with van der Waals surface area (Å²) in [7, 11) is 3.93. The molecule has 0 saturated heterocycles. The Bertz CT molecular complexity index is 319. The normalized spacial score (nSPS) is 10.4. The van der Waals surface area contributed by atoms with Gasteiger partial charge in [-0.25, -0.2) is 0 Å². The average Bonchev–Trinajstić information content (AvgIpc) is 2.16. The van der Waals surface area contributed by atoms with Crippen molar-refractivity contribution < 1.29 is 4.79 Å². The van der Waals surface area contributed by atoms with Gasteiger partial charge >= 0.3 is 0 Å². The van der Waals surface area contributed by atoms with Gasteiger partial charge < -0.3 is 4.90 Å². The van der Waals surface area contributed by atoms with Crippen LogP contribution in [0.5, 0.6) is 0 Å². The van der Waals surface area contributed by atoms with Gasteiger partial charge in [0.05, 0.1) is 0 Å². The fourth-order valence-electron chi connectivity index (χ4n) is 1.05. The largest absolute Gasteiger partial charge is 0.378 e. The Morgan fingerprint density at radius 3 is 2.07 bits per heavy atom. The molecule has 0 aliphatic heterocycles. The molecule has 2 nitrogen and oxygen atoms in total. The van der Waals surface area contributed by atoms with Gasteiger partial charge in [0.1, 0.15) is 3.74 Å². The van der Waals surface area contributed by atoms with Crippen molar-refractivity contribution in [3.63, 3.8) is 0 Å². The smallest absolute Gasteiger partial charge is 0.187 e. The molecule has 0 aliphatic rings. The quantitative estimate of drug-likeness (QED) is 0.630. The minimum absolute atomic E-state index is 0.0373. The number of hydrogen-bond donors (Lipinski definition) is 0. The zero-order valence-electron chi connectivity index (χ0n) is 8.00. The zero-order chi connectivity index (χ0) is 10.7. The molecule has 0 atom stereocenters. The molecular formula is C10H11Br2NO. The molecule has 0 bridgehead atoms. The molecule has 1 aromatic carbocycles. The standard InChI is InChI=1S/C10H11Br2NO/c1-13(2)8-5-3-7(4-6-8)9(14)10(11)12/h3-6,10H,1-2H3. The minimum atomic E-state index is -0.305. The number of halogens is 2. The van der Waals surface area contributed by atoms with Crippen LogP contribution in [0.15, 0.2) is 24.3 Å². The van der Waals surface area contributed by atoms with E-state index >= 15 is 0 Å². The molecule has 0 aromatic heterocycles. The van der Waals surface area contributed by atoms with Crippen LogP contribution in [0.1, 0.15) is 10.4 Å². The summed E-state index contributed by atoms with van der Waals surface area (Å²) < 4.78 is -0.305. The first-order chi connectivity index (χ1) is 6.52. The second-order valence-corrected chi connectivity index (χ2v) is 6.17. The topological polar surface area (TPSA) is 20.3 Å². The fourth-order valence-corrected chi connectivity index (χ4v) is 1.58. The van der Waals surface area contributed by atoms with Gasteiger partial charge in [0.15, 0.2) is 5.78 Å². The third kappa shape index (κ3) is 2.82. The van der Waals surface area contributed by atoms with Crippen molar-refractivity contribution in [3.05, 3.63) is 29.8 Å². The molecule has 4 heteroatoms. The molecule has 0 saturated carbocycles. The number of carbonyl (C=O) groups excluding carboxylic acids is 1. The molecule has 0 amide bonds. The number of anilines is 1. The predicted molar refractivity (Wildman–Crippen MR) is 66.7 cm³/mol. The van der Waals surface area contributed by atoms with Crippen LogP contribution < -0.4 is 4.90 Å². The Morgan fingerprint density at radius 1 is 1.21 bits per heavy atom. The molecule has 1 aromatic rings. The third-order valence-corrected chi connectivity index (χ3v) is 2.70. The van der Waals surface area contributed by atoms with Crippen LogP contribution in [0.4, 0.5) is 5.69 Å². The highest BCUT2D eigenvalue weighted by molar-refractivity contribution is 9.25. The van der Waals surface area contributed by atoms with Gasteiger partial charge in [0.25, 0.3) is 0 Å². The number of nitrogens with zero attached hydrogens (tertiary/aromatic N) is 1. The summed E-state index contributed by atoms with van der Waals surface area (Å²) in [5.74, 6) is 0.0373. The van der Waals surface area contributed by atoms with E-state index in [-0.39, 0.29) is 9.52 Å². The minimum Gasteiger partial charge on any atom is -0.378 e. The summed E-state index contributed by atoms with van der Waals surface area (Å²) in [5.41, 5.74) is 1.79. The lowest BCUT2D eigenvalue weighted by Gasteiger charge is -2.12. The molecule has 0 unspecified atom stereocenters. The summed E-state index contributed by atoms with van der Waals surface area (Å²) in [4.78, 5) is 13.5. The highest BCUT2D eigenvalue weighted by atomic mass is 79.9. The molecule has 0 heterocycles. The number of alkyl halides is 2. The van der Waals surface area contributed by atoms with E-state index in [4.69, 9.17) is 0 Å². The maximum Gasteiger partial charge on any atom is 0.187 e. The second-order valence-electron chi connectivity index (χ2n) is 3.11. The third-order valence-electron chi connectivity index (χ3n) is 1.87. The van der Waals surface area contributed by atoms with Crippen LogP contribution in [-0.4, -0.2) is 23.6 Å². The Kier molecular flexibility index (Phi) is 4.13. The van der Waals surface area contributed by atoms with E-state index in [1.807, 2.05) is 43.3 Å². The van der Waals surface area contributed by atoms with E-state index < -0.39 is 0 Å². The number of ketones is 1. The SMILES string of the molecule is CN(C)c1ccc(C(=O)C(Br)Br)cc1. The van der Waals surface area contributed by atoms with Gasteiger partial charge in [0, 0.05) is 25.3 Å². The number of rotatable bonds is 3. The molecule has 0 radical (unpaired) electrons. The van der Waals surface area contributed by atoms with Crippen molar-refractivity contribution in [1.82, 2.24) is 0 Å². The molecule has 1 rings (SSSR count). The number of Topliss-reactive ketones (excluding diaryl/α,β-unsaturated/α-hetero) is 1. The molecule has 0 fully saturated rings. The van der Waals surface area contributed by atoms with E-state index in [9.17, 15) is 4.79 Å². The summed E-state index contributed by atoms with van der Waals surface area (Å²) in [6.45, 7) is 0. The second kappa shape index (κ2) is 4.94. The monoisotopic (exact) mass is 319 g/mol. The molecule has 0 spiro atoms. The van der Waals surface area contributed by atoms with Gasteiger partial charge in [-0.15, -0.1) is 0 Å². The maximum absolute atomic E-state index is 11.5. The van der Waals surface area contributed by atoms with Gasteiger partial charge in [-0.2, -0.15) is 0 Å². The number of hydrogen-bond acceptors (Lipinski definition) is 2. The lowest BCUT2D eigenvalue weighted by atomic mass is 10.1. The average molecular weight is 321 g/mol. The van der Waals surface area contributed by atoms with Gasteiger partial charge in [-0.1, -0.05) is 31.9 Å². The number of carbonyl (C=O) groups is 1. The van der Waals surface area contributed by atoms with E-state index in [1.54, 1.807) is 0 Å². The summed E-state index contributed by atoms with van der Waals surface area (Å²) in [5, 5.41) is 0. The first-order valence-electron chi connectivity index (χ1n) is 4.12. The summed E-state index contributed by atoms with van der Waals surface area (Å²) in [6.07, 6.45) is 0. The lowest BCUT2D eigenvalue weighted by molar-refractivity contribution is 0.101. The van der Waals surface area contributed by atoms with Crippen molar-refractivity contribution in [2.24, 2.45) is 0 Å². The molecule has 0 N–H and O–H groups in total. The molecular weight excluding hydrogens is 310 g/mol. The van der Waals surface area contributed by atoms with Crippen molar-refractivity contribution in [2.75, 3.05) is 19.0 Å². The Balaban J connectivity index is 2.89. The highest BCUT2D eigenvalue weighted by Gasteiger charge is 2.12. The Morgan fingerprint density at radius 2 is 1.71 bits per heavy atom. The van der Waals surface area contributed by atoms with Crippen LogP contribution in [0.2, 0.25) is 0 Å². The Hall–Kier alpha value is -0.350. The van der Waals surface area contributed by atoms with Gasteiger partial charge in [-0.3, -0.25) is 4.79 Å². The molecule has 0 aliphatic carbocycles. The van der Waals surface area contributed by atoms with Gasteiger partial charge in [0.2, 0.25) is 0 Å². The van der Waals surface area contributed by atoms with Crippen LogP contribution >= 0.6 is 31.9 Å². The maximum atomic E-state index is 11.5. The van der Waals surface area contributed by atoms with Crippen molar-refractivity contribution in [1.29, 1.82) is 0 Å². The number of benzene rings is 1. The fraction of sp³-hybridized carbons (Fsp3) is 0.300. The molecule has 76 valence electrons. The van der Waals surface area contributed by atoms with Crippen molar-refractivity contribution in [3.8, 4) is 0 Å². The Labute approximate surface area is 101 Å². The first-order valence-corrected chi connectivity index (χ1v) is 5.95. The highest BCUT2D eigenvalue weighted by Crippen LogP contribution is 2.18. The predicted octanol–water partition coefficient (Wildman–Crippen LogP) is 3.05. The van der Waals surface area contributed by atoms with Crippen molar-refractivity contribution >= 4 is 43.3 Å². The lowest BCUT2D eigenvalue weighted by Crippen LogP contribution is -2.10. The van der Waals surface area contributed by atoms with E-state index in [0.717, 1.165) is 5.69 Å². The van der Waals surface area contributed by atoms with Gasteiger partial charge in [-0.05, 0) is 24.3 Å². The van der Waals surface area contributed by atoms with Crippen molar-refractivity contribution in [2.45, 2.75) is 3.74 Å². The zero-order valence-corrected chi connectivity index (χ0v) is 11.2. The summed E-state index contributed by atoms with van der Waals surface area (Å²) in [6, 6.07) is 7.51. The van der Waals surface area contributed by atoms with E-state index in [2.05, 4.69) is 31.9 Å². The van der Waals surface area contributed by atoms with Crippen LogP contribution in [0.3, 0.4) is 0 Å². The van der Waals surface area contributed by atoms with Crippen LogP contribution in [0, 0.1) is 0 Å². The first kappa shape index (κ1) is 11.7. The molecule has 14 heavy (non-hydrogen) atoms. The van der Waals surface area contributed by atoms with Crippen LogP contribution in [0.25, 0.3) is 0 Å². The summed E-state index contributed by atoms with van der Waals surface area (Å²) >= 11 is 6.36. The van der Waals surface area contributed by atoms with Crippen LogP contribution in [-0.2, 0) is 0 Å².